The molecule has 1 unspecified atom stereocenters. The van der Waals surface area contributed by atoms with Gasteiger partial charge in [-0.1, -0.05) is 0 Å². The Morgan fingerprint density at radius 1 is 1.40 bits per heavy atom. The fourth-order valence-electron chi connectivity index (χ4n) is 1.26. The molecule has 4 heteroatoms. The molecule has 0 aliphatic carbocycles. The lowest BCUT2D eigenvalue weighted by Crippen LogP contribution is -2.37. The third-order valence-corrected chi connectivity index (χ3v) is 2.11. The van der Waals surface area contributed by atoms with Crippen LogP contribution < -0.4 is 11.1 Å². The smallest absolute Gasteiger partial charge is 0.102 e. The van der Waals surface area contributed by atoms with Gasteiger partial charge in [-0.2, -0.15) is 0 Å². The predicted octanol–water partition coefficient (Wildman–Crippen LogP) is 0.732. The molecule has 0 bridgehead atoms. The zero-order valence-corrected chi connectivity index (χ0v) is 9.12. The van der Waals surface area contributed by atoms with Crippen LogP contribution in [0, 0.1) is 6.92 Å². The minimum Gasteiger partial charge on any atom is -0.399 e. The summed E-state index contributed by atoms with van der Waals surface area (Å²) in [6, 6.07) is 5.60. The molecular weight excluding hydrogens is 192 g/mol. The molecule has 0 saturated heterocycles. The van der Waals surface area contributed by atoms with E-state index >= 15 is 0 Å². The van der Waals surface area contributed by atoms with Crippen LogP contribution in [0.4, 0.5) is 11.4 Å². The molecule has 0 radical (unpaired) electrons. The molecule has 0 aliphatic heterocycles. The van der Waals surface area contributed by atoms with E-state index in [4.69, 9.17) is 10.8 Å². The van der Waals surface area contributed by atoms with E-state index in [0.29, 0.717) is 5.69 Å². The van der Waals surface area contributed by atoms with Gasteiger partial charge in [0.05, 0.1) is 6.61 Å². The zero-order chi connectivity index (χ0) is 11.5. The maximum atomic E-state index is 9.58. The Kier molecular flexibility index (Phi) is 3.55. The van der Waals surface area contributed by atoms with Crippen LogP contribution in [0.2, 0.25) is 0 Å². The van der Waals surface area contributed by atoms with E-state index in [-0.39, 0.29) is 13.2 Å². The number of anilines is 2. The summed E-state index contributed by atoms with van der Waals surface area (Å²) in [5.41, 5.74) is 7.15. The molecule has 15 heavy (non-hydrogen) atoms. The minimum atomic E-state index is -1.11. The first kappa shape index (κ1) is 11.8. The van der Waals surface area contributed by atoms with Crippen LogP contribution in [0.15, 0.2) is 18.2 Å². The minimum absolute atomic E-state index is 0.276. The Bertz CT molecular complexity index is 317. The van der Waals surface area contributed by atoms with E-state index in [1.54, 1.807) is 13.0 Å². The molecule has 84 valence electrons. The van der Waals surface area contributed by atoms with Crippen molar-refractivity contribution in [2.75, 3.05) is 24.2 Å². The molecular formula is C11H18N2O2. The highest BCUT2D eigenvalue weighted by Gasteiger charge is 2.18. The fourth-order valence-corrected chi connectivity index (χ4v) is 1.26. The Labute approximate surface area is 89.7 Å². The number of aliphatic hydroxyl groups is 2. The van der Waals surface area contributed by atoms with Crippen molar-refractivity contribution in [2.45, 2.75) is 19.4 Å². The number of rotatable bonds is 4. The van der Waals surface area contributed by atoms with Gasteiger partial charge in [0.25, 0.3) is 0 Å². The second-order valence-electron chi connectivity index (χ2n) is 4.14. The van der Waals surface area contributed by atoms with E-state index in [9.17, 15) is 5.11 Å². The third-order valence-electron chi connectivity index (χ3n) is 2.11. The number of hydrogen-bond donors (Lipinski definition) is 4. The van der Waals surface area contributed by atoms with Crippen molar-refractivity contribution in [2.24, 2.45) is 0 Å². The summed E-state index contributed by atoms with van der Waals surface area (Å²) in [6.45, 7) is 3.53. The zero-order valence-electron chi connectivity index (χ0n) is 9.12. The average molecular weight is 210 g/mol. The predicted molar refractivity (Wildman–Crippen MR) is 61.8 cm³/mol. The third kappa shape index (κ3) is 3.77. The molecule has 0 spiro atoms. The quantitative estimate of drug-likeness (QED) is 0.552. The molecule has 0 amide bonds. The number of nitrogens with one attached hydrogen (secondary N) is 1. The van der Waals surface area contributed by atoms with Crippen LogP contribution in [-0.2, 0) is 0 Å². The summed E-state index contributed by atoms with van der Waals surface area (Å²) >= 11 is 0. The molecule has 0 aromatic heterocycles. The SMILES string of the molecule is Cc1cc(N)cc(NCC(C)(O)CO)c1. The van der Waals surface area contributed by atoms with Gasteiger partial charge in [0.15, 0.2) is 0 Å². The molecule has 1 aromatic rings. The van der Waals surface area contributed by atoms with Crippen molar-refractivity contribution in [1.29, 1.82) is 0 Å². The van der Waals surface area contributed by atoms with Gasteiger partial charge in [0, 0.05) is 17.9 Å². The number of benzene rings is 1. The molecule has 0 saturated carbocycles. The van der Waals surface area contributed by atoms with Crippen LogP contribution in [0.3, 0.4) is 0 Å². The van der Waals surface area contributed by atoms with Gasteiger partial charge in [-0.25, -0.2) is 0 Å². The van der Waals surface area contributed by atoms with Gasteiger partial charge < -0.3 is 21.3 Å². The Morgan fingerprint density at radius 3 is 2.60 bits per heavy atom. The lowest BCUT2D eigenvalue weighted by Gasteiger charge is -2.21. The van der Waals surface area contributed by atoms with Gasteiger partial charge >= 0.3 is 0 Å². The second-order valence-corrected chi connectivity index (χ2v) is 4.14. The highest BCUT2D eigenvalue weighted by Crippen LogP contribution is 2.16. The van der Waals surface area contributed by atoms with Crippen molar-refractivity contribution in [3.8, 4) is 0 Å². The first-order valence-corrected chi connectivity index (χ1v) is 4.87. The fraction of sp³-hybridized carbons (Fsp3) is 0.455. The normalized spacial score (nSPS) is 14.7. The molecule has 0 fully saturated rings. The lowest BCUT2D eigenvalue weighted by atomic mass is 10.1. The van der Waals surface area contributed by atoms with Crippen molar-refractivity contribution in [1.82, 2.24) is 0 Å². The monoisotopic (exact) mass is 210 g/mol. The van der Waals surface area contributed by atoms with Crippen molar-refractivity contribution < 1.29 is 10.2 Å². The highest BCUT2D eigenvalue weighted by molar-refractivity contribution is 5.56. The number of aryl methyl sites for hydroxylation is 1. The summed E-state index contributed by atoms with van der Waals surface area (Å²) in [7, 11) is 0. The van der Waals surface area contributed by atoms with Gasteiger partial charge in [-0.15, -0.1) is 0 Å². The summed E-state index contributed by atoms with van der Waals surface area (Å²) in [5.74, 6) is 0. The van der Waals surface area contributed by atoms with E-state index in [2.05, 4.69) is 5.32 Å². The maximum absolute atomic E-state index is 9.58. The van der Waals surface area contributed by atoms with Crippen LogP contribution in [0.25, 0.3) is 0 Å². The number of nitrogen functional groups attached to an aromatic ring is 1. The summed E-state index contributed by atoms with van der Waals surface area (Å²) in [4.78, 5) is 0. The van der Waals surface area contributed by atoms with E-state index in [0.717, 1.165) is 11.3 Å². The molecule has 0 aliphatic rings. The van der Waals surface area contributed by atoms with Crippen LogP contribution >= 0.6 is 0 Å². The summed E-state index contributed by atoms with van der Waals surface area (Å²) in [5, 5.41) is 21.5. The van der Waals surface area contributed by atoms with Gasteiger partial charge in [0.1, 0.15) is 5.60 Å². The van der Waals surface area contributed by atoms with Crippen molar-refractivity contribution in [3.05, 3.63) is 23.8 Å². The first-order chi connectivity index (χ1) is 6.93. The molecule has 1 aromatic carbocycles. The van der Waals surface area contributed by atoms with E-state index < -0.39 is 5.60 Å². The van der Waals surface area contributed by atoms with Crippen LogP contribution in [0.1, 0.15) is 12.5 Å². The van der Waals surface area contributed by atoms with Gasteiger partial charge in [-0.3, -0.25) is 0 Å². The van der Waals surface area contributed by atoms with Crippen molar-refractivity contribution >= 4 is 11.4 Å². The topological polar surface area (TPSA) is 78.5 Å². The average Bonchev–Trinajstić information content (AvgIpc) is 2.14. The summed E-state index contributed by atoms with van der Waals surface area (Å²) in [6.07, 6.45) is 0. The Balaban J connectivity index is 2.65. The lowest BCUT2D eigenvalue weighted by molar-refractivity contribution is 0.0132. The van der Waals surface area contributed by atoms with E-state index in [1.165, 1.54) is 0 Å². The van der Waals surface area contributed by atoms with Gasteiger partial charge in [-0.05, 0) is 37.6 Å². The number of nitrogens with two attached hydrogens (primary N) is 1. The van der Waals surface area contributed by atoms with Crippen LogP contribution in [0.5, 0.6) is 0 Å². The molecule has 5 N–H and O–H groups in total. The largest absolute Gasteiger partial charge is 0.399 e. The molecule has 1 atom stereocenters. The highest BCUT2D eigenvalue weighted by atomic mass is 16.3. The Hall–Kier alpha value is -1.26. The molecule has 4 nitrogen and oxygen atoms in total. The molecule has 0 heterocycles. The Morgan fingerprint density at radius 2 is 2.07 bits per heavy atom. The molecule has 1 rings (SSSR count). The van der Waals surface area contributed by atoms with Crippen molar-refractivity contribution in [3.63, 3.8) is 0 Å². The second kappa shape index (κ2) is 4.51. The van der Waals surface area contributed by atoms with E-state index in [1.807, 2.05) is 19.1 Å². The maximum Gasteiger partial charge on any atom is 0.102 e. The summed E-state index contributed by atoms with van der Waals surface area (Å²) < 4.78 is 0. The number of aliphatic hydroxyl groups excluding tert-OH is 1. The van der Waals surface area contributed by atoms with Gasteiger partial charge in [0.2, 0.25) is 0 Å². The number of hydrogen-bond acceptors (Lipinski definition) is 4. The first-order valence-electron chi connectivity index (χ1n) is 4.87. The van der Waals surface area contributed by atoms with Crippen LogP contribution in [-0.4, -0.2) is 29.0 Å². The standard InChI is InChI=1S/C11H18N2O2/c1-8-3-9(12)5-10(4-8)13-6-11(2,15)7-14/h3-5,13-15H,6-7,12H2,1-2H3.